The van der Waals surface area contributed by atoms with Gasteiger partial charge in [-0.05, 0) is 24.6 Å². The van der Waals surface area contributed by atoms with Crippen LogP contribution in [0, 0.1) is 0 Å². The number of hydrogen-bond acceptors (Lipinski definition) is 5. The molecule has 1 amide bonds. The smallest absolute Gasteiger partial charge is 0.291 e. The fraction of sp³-hybridized carbons (Fsp3) is 0.286. The van der Waals surface area contributed by atoms with Gasteiger partial charge in [-0.25, -0.2) is 4.68 Å². The number of methoxy groups -OCH3 is 1. The quantitative estimate of drug-likeness (QED) is 0.482. The number of fused-ring (bicyclic) bond motifs is 3. The fourth-order valence-corrected chi connectivity index (χ4v) is 3.72. The number of ether oxygens (including phenoxy) is 1. The van der Waals surface area contributed by atoms with E-state index in [-0.39, 0.29) is 17.9 Å². The largest absolute Gasteiger partial charge is 0.495 e. The van der Waals surface area contributed by atoms with Gasteiger partial charge < -0.3 is 14.5 Å². The van der Waals surface area contributed by atoms with Crippen molar-refractivity contribution >= 4 is 39.8 Å². The van der Waals surface area contributed by atoms with Crippen molar-refractivity contribution in [2.24, 2.45) is 0 Å². The second kappa shape index (κ2) is 8.23. The van der Waals surface area contributed by atoms with Crippen LogP contribution >= 0.6 is 11.6 Å². The summed E-state index contributed by atoms with van der Waals surface area (Å²) in [7, 11) is 1.53. The van der Waals surface area contributed by atoms with E-state index in [2.05, 4.69) is 10.4 Å². The average Bonchev–Trinajstić information content (AvgIpc) is 3.32. The monoisotopic (exact) mass is 428 g/mol. The van der Waals surface area contributed by atoms with Crippen molar-refractivity contribution in [1.29, 1.82) is 0 Å². The van der Waals surface area contributed by atoms with Gasteiger partial charge in [0.1, 0.15) is 17.1 Å². The standard InChI is InChI=1S/C21H21ClN4O4/c1-3-19-24-25(21(28)16-12-18-15(26(16)19)8-10-30-18)9-4-5-20(27)23-13-6-7-17(29-2)14(22)11-13/h6-8,10-12H,3-5,9H2,1-2H3,(H,23,27). The number of carbonyl (C=O) groups is 1. The van der Waals surface area contributed by atoms with Crippen LogP contribution in [0.4, 0.5) is 5.69 Å². The van der Waals surface area contributed by atoms with Gasteiger partial charge in [0, 0.05) is 37.2 Å². The number of nitrogens with one attached hydrogen (secondary N) is 1. The normalized spacial score (nSPS) is 11.3. The summed E-state index contributed by atoms with van der Waals surface area (Å²) in [5, 5.41) is 7.71. The maximum absolute atomic E-state index is 12.8. The molecule has 0 atom stereocenters. The first-order chi connectivity index (χ1) is 14.5. The van der Waals surface area contributed by atoms with E-state index in [9.17, 15) is 9.59 Å². The SMILES string of the molecule is CCc1nn(CCCC(=O)Nc2ccc(OC)c(Cl)c2)c(=O)c2cc3occc3n12. The summed E-state index contributed by atoms with van der Waals surface area (Å²) in [6.07, 6.45) is 2.97. The van der Waals surface area contributed by atoms with E-state index in [0.29, 0.717) is 46.9 Å². The maximum atomic E-state index is 12.8. The molecule has 0 radical (unpaired) electrons. The van der Waals surface area contributed by atoms with Crippen molar-refractivity contribution < 1.29 is 13.9 Å². The number of anilines is 1. The third kappa shape index (κ3) is 3.66. The molecule has 3 aromatic heterocycles. The molecule has 9 heteroatoms. The highest BCUT2D eigenvalue weighted by atomic mass is 35.5. The highest BCUT2D eigenvalue weighted by Crippen LogP contribution is 2.27. The molecule has 1 aromatic carbocycles. The van der Waals surface area contributed by atoms with E-state index in [1.807, 2.05) is 17.4 Å². The van der Waals surface area contributed by atoms with Crippen LogP contribution in [0.1, 0.15) is 25.6 Å². The second-order valence-electron chi connectivity index (χ2n) is 6.83. The highest BCUT2D eigenvalue weighted by Gasteiger charge is 2.15. The first-order valence-electron chi connectivity index (χ1n) is 9.64. The van der Waals surface area contributed by atoms with Crippen LogP contribution in [-0.2, 0) is 17.8 Å². The zero-order chi connectivity index (χ0) is 21.3. The fourth-order valence-electron chi connectivity index (χ4n) is 3.46. The number of benzene rings is 1. The summed E-state index contributed by atoms with van der Waals surface area (Å²) < 4.78 is 13.8. The van der Waals surface area contributed by atoms with Gasteiger partial charge in [0.05, 0.1) is 23.9 Å². The molecule has 0 aliphatic heterocycles. The Bertz CT molecular complexity index is 1290. The molecule has 0 bridgehead atoms. The van der Waals surface area contributed by atoms with E-state index in [1.54, 1.807) is 30.5 Å². The number of aryl methyl sites for hydroxylation is 2. The Hall–Kier alpha value is -3.26. The molecule has 156 valence electrons. The van der Waals surface area contributed by atoms with Gasteiger partial charge in [0.25, 0.3) is 5.56 Å². The van der Waals surface area contributed by atoms with Gasteiger partial charge in [0.15, 0.2) is 5.58 Å². The number of rotatable bonds is 7. The molecule has 0 spiro atoms. The van der Waals surface area contributed by atoms with Gasteiger partial charge in [0.2, 0.25) is 5.91 Å². The molecule has 0 fully saturated rings. The van der Waals surface area contributed by atoms with Crippen molar-refractivity contribution in [3.05, 3.63) is 57.8 Å². The van der Waals surface area contributed by atoms with Crippen LogP contribution in [0.25, 0.3) is 16.6 Å². The molecule has 0 unspecified atom stereocenters. The van der Waals surface area contributed by atoms with Crippen molar-refractivity contribution in [3.8, 4) is 5.75 Å². The maximum Gasteiger partial charge on any atom is 0.291 e. The molecule has 3 heterocycles. The van der Waals surface area contributed by atoms with Crippen molar-refractivity contribution in [2.75, 3.05) is 12.4 Å². The number of halogens is 1. The molecule has 4 rings (SSSR count). The van der Waals surface area contributed by atoms with Gasteiger partial charge in [-0.2, -0.15) is 5.10 Å². The van der Waals surface area contributed by atoms with Crippen LogP contribution in [0.15, 0.2) is 45.8 Å². The summed E-state index contributed by atoms with van der Waals surface area (Å²) in [4.78, 5) is 25.1. The molecule has 8 nitrogen and oxygen atoms in total. The Morgan fingerprint density at radius 1 is 1.27 bits per heavy atom. The second-order valence-corrected chi connectivity index (χ2v) is 7.24. The molecule has 1 N–H and O–H groups in total. The van der Waals surface area contributed by atoms with E-state index in [4.69, 9.17) is 20.8 Å². The Labute approximate surface area is 177 Å². The predicted octanol–water partition coefficient (Wildman–Crippen LogP) is 3.89. The van der Waals surface area contributed by atoms with E-state index in [0.717, 1.165) is 11.3 Å². The van der Waals surface area contributed by atoms with Gasteiger partial charge in [-0.1, -0.05) is 18.5 Å². The molecular formula is C21H21ClN4O4. The van der Waals surface area contributed by atoms with Crippen LogP contribution in [0.5, 0.6) is 5.75 Å². The molecule has 30 heavy (non-hydrogen) atoms. The first-order valence-corrected chi connectivity index (χ1v) is 10.0. The summed E-state index contributed by atoms with van der Waals surface area (Å²) in [6, 6.07) is 8.60. The van der Waals surface area contributed by atoms with E-state index >= 15 is 0 Å². The molecule has 4 aromatic rings. The topological polar surface area (TPSA) is 90.8 Å². The lowest BCUT2D eigenvalue weighted by molar-refractivity contribution is -0.116. The third-order valence-corrected chi connectivity index (χ3v) is 5.19. The Morgan fingerprint density at radius 2 is 2.10 bits per heavy atom. The number of furan rings is 1. The Kier molecular flexibility index (Phi) is 5.50. The number of nitrogens with zero attached hydrogens (tertiary/aromatic N) is 3. The number of amides is 1. The van der Waals surface area contributed by atoms with Gasteiger partial charge >= 0.3 is 0 Å². The molecular weight excluding hydrogens is 408 g/mol. The van der Waals surface area contributed by atoms with Crippen LogP contribution < -0.4 is 15.6 Å². The van der Waals surface area contributed by atoms with Crippen LogP contribution in [-0.4, -0.2) is 27.2 Å². The van der Waals surface area contributed by atoms with Gasteiger partial charge in [-0.3, -0.25) is 14.0 Å². The lowest BCUT2D eigenvalue weighted by atomic mass is 10.2. The lowest BCUT2D eigenvalue weighted by Crippen LogP contribution is -2.27. The molecule has 0 saturated carbocycles. The molecule has 0 saturated heterocycles. The minimum Gasteiger partial charge on any atom is -0.495 e. The summed E-state index contributed by atoms with van der Waals surface area (Å²) in [5.41, 5.74) is 2.39. The van der Waals surface area contributed by atoms with Crippen molar-refractivity contribution in [2.45, 2.75) is 32.7 Å². The lowest BCUT2D eigenvalue weighted by Gasteiger charge is -2.10. The van der Waals surface area contributed by atoms with E-state index in [1.165, 1.54) is 11.8 Å². The van der Waals surface area contributed by atoms with Crippen LogP contribution in [0.2, 0.25) is 5.02 Å². The highest BCUT2D eigenvalue weighted by molar-refractivity contribution is 6.32. The predicted molar refractivity (Wildman–Crippen MR) is 114 cm³/mol. The molecule has 0 aliphatic carbocycles. The Morgan fingerprint density at radius 3 is 2.83 bits per heavy atom. The molecule has 0 aliphatic rings. The summed E-state index contributed by atoms with van der Waals surface area (Å²) in [5.74, 6) is 1.14. The first kappa shape index (κ1) is 20.0. The van der Waals surface area contributed by atoms with Crippen LogP contribution in [0.3, 0.4) is 0 Å². The number of carbonyl (C=O) groups excluding carboxylic acids is 1. The van der Waals surface area contributed by atoms with Crippen molar-refractivity contribution in [1.82, 2.24) is 14.2 Å². The minimum absolute atomic E-state index is 0.165. The van der Waals surface area contributed by atoms with E-state index < -0.39 is 0 Å². The minimum atomic E-state index is -0.207. The number of hydrogen-bond donors (Lipinski definition) is 1. The number of aromatic nitrogens is 3. The third-order valence-electron chi connectivity index (χ3n) is 4.90. The zero-order valence-electron chi connectivity index (χ0n) is 16.6. The summed E-state index contributed by atoms with van der Waals surface area (Å²) in [6.45, 7) is 2.32. The summed E-state index contributed by atoms with van der Waals surface area (Å²) >= 11 is 6.08. The van der Waals surface area contributed by atoms with Gasteiger partial charge in [-0.15, -0.1) is 0 Å². The average molecular weight is 429 g/mol. The Balaban J connectivity index is 1.46. The zero-order valence-corrected chi connectivity index (χ0v) is 17.4. The van der Waals surface area contributed by atoms with Crippen molar-refractivity contribution in [3.63, 3.8) is 0 Å².